The Kier molecular flexibility index (Phi) is 4.84. The van der Waals surface area contributed by atoms with Crippen molar-refractivity contribution >= 4 is 17.2 Å². The smallest absolute Gasteiger partial charge is 0.230 e. The van der Waals surface area contributed by atoms with E-state index in [1.54, 1.807) is 0 Å². The van der Waals surface area contributed by atoms with Gasteiger partial charge in [0.25, 0.3) is 0 Å². The maximum Gasteiger partial charge on any atom is 0.230 e. The molecule has 1 amide bonds. The summed E-state index contributed by atoms with van der Waals surface area (Å²) in [6, 6.07) is 10.5. The molecule has 2 aromatic heterocycles. The first-order valence-corrected chi connectivity index (χ1v) is 10.4. The van der Waals surface area contributed by atoms with Crippen LogP contribution in [-0.2, 0) is 17.9 Å². The fourth-order valence-corrected chi connectivity index (χ4v) is 5.39. The average Bonchev–Trinajstić information content (AvgIpc) is 3.14. The highest BCUT2D eigenvalue weighted by atomic mass is 32.1. The van der Waals surface area contributed by atoms with Crippen molar-refractivity contribution in [2.75, 3.05) is 19.6 Å². The first-order chi connectivity index (χ1) is 12.5. The Hall–Kier alpha value is -1.72. The van der Waals surface area contributed by atoms with Gasteiger partial charge in [-0.25, -0.2) is 0 Å². The molecule has 138 valence electrons. The van der Waals surface area contributed by atoms with Gasteiger partial charge in [0.05, 0.1) is 17.7 Å². The van der Waals surface area contributed by atoms with E-state index in [1.807, 2.05) is 41.4 Å². The van der Waals surface area contributed by atoms with E-state index in [-0.39, 0.29) is 5.41 Å². The molecule has 0 aromatic carbocycles. The van der Waals surface area contributed by atoms with Crippen molar-refractivity contribution in [1.82, 2.24) is 14.8 Å². The normalized spacial score (nSPS) is 23.9. The molecule has 0 bridgehead atoms. The second kappa shape index (κ2) is 7.12. The van der Waals surface area contributed by atoms with Crippen LogP contribution in [0.2, 0.25) is 0 Å². The van der Waals surface area contributed by atoms with Crippen molar-refractivity contribution in [3.8, 4) is 0 Å². The summed E-state index contributed by atoms with van der Waals surface area (Å²) in [5, 5.41) is 0. The van der Waals surface area contributed by atoms with Gasteiger partial charge < -0.3 is 4.90 Å². The summed E-state index contributed by atoms with van der Waals surface area (Å²) in [4.78, 5) is 25.1. The zero-order valence-corrected chi connectivity index (χ0v) is 16.5. The molecule has 0 unspecified atom stereocenters. The van der Waals surface area contributed by atoms with E-state index in [0.29, 0.717) is 12.5 Å². The molecule has 2 aromatic rings. The summed E-state index contributed by atoms with van der Waals surface area (Å²) in [7, 11) is 0. The van der Waals surface area contributed by atoms with E-state index >= 15 is 0 Å². The topological polar surface area (TPSA) is 36.4 Å². The quantitative estimate of drug-likeness (QED) is 0.823. The van der Waals surface area contributed by atoms with Gasteiger partial charge in [-0.15, -0.1) is 11.3 Å². The zero-order valence-electron chi connectivity index (χ0n) is 15.7. The molecule has 4 nitrogen and oxygen atoms in total. The van der Waals surface area contributed by atoms with Gasteiger partial charge in [-0.05, 0) is 63.9 Å². The molecule has 26 heavy (non-hydrogen) atoms. The molecule has 0 N–H and O–H groups in total. The van der Waals surface area contributed by atoms with E-state index in [1.165, 1.54) is 9.75 Å². The SMILES string of the molecule is Cc1cccc(CN2CC[C@@]3(CCCN(Cc4ccc(C)s4)C3)C2=O)n1. The summed E-state index contributed by atoms with van der Waals surface area (Å²) in [6.07, 6.45) is 3.13. The largest absolute Gasteiger partial charge is 0.336 e. The molecule has 0 saturated carbocycles. The number of carbonyl (C=O) groups excluding carboxylic acids is 1. The van der Waals surface area contributed by atoms with E-state index < -0.39 is 0 Å². The number of carbonyl (C=O) groups is 1. The summed E-state index contributed by atoms with van der Waals surface area (Å²) < 4.78 is 0. The highest BCUT2D eigenvalue weighted by Crippen LogP contribution is 2.41. The summed E-state index contributed by atoms with van der Waals surface area (Å²) in [6.45, 7) is 8.65. The molecule has 1 atom stereocenters. The zero-order chi connectivity index (χ0) is 18.1. The Morgan fingerprint density at radius 3 is 2.77 bits per heavy atom. The van der Waals surface area contributed by atoms with Crippen LogP contribution in [0.25, 0.3) is 0 Å². The lowest BCUT2D eigenvalue weighted by Gasteiger charge is -2.38. The number of likely N-dealkylation sites (tertiary alicyclic amines) is 2. The fraction of sp³-hybridized carbons (Fsp3) is 0.524. The van der Waals surface area contributed by atoms with Crippen molar-refractivity contribution in [1.29, 1.82) is 0 Å². The minimum absolute atomic E-state index is 0.172. The minimum atomic E-state index is -0.172. The van der Waals surface area contributed by atoms with Crippen LogP contribution in [0.3, 0.4) is 0 Å². The minimum Gasteiger partial charge on any atom is -0.336 e. The number of pyridine rings is 1. The van der Waals surface area contributed by atoms with Crippen molar-refractivity contribution in [3.05, 3.63) is 51.5 Å². The number of aryl methyl sites for hydroxylation is 2. The number of thiophene rings is 1. The van der Waals surface area contributed by atoms with Crippen LogP contribution in [0.4, 0.5) is 0 Å². The van der Waals surface area contributed by atoms with Crippen LogP contribution in [0.15, 0.2) is 30.3 Å². The lowest BCUT2D eigenvalue weighted by molar-refractivity contribution is -0.139. The second-order valence-corrected chi connectivity index (χ2v) is 9.23. The van der Waals surface area contributed by atoms with Crippen molar-refractivity contribution in [2.24, 2.45) is 5.41 Å². The van der Waals surface area contributed by atoms with Crippen molar-refractivity contribution < 1.29 is 4.79 Å². The lowest BCUT2D eigenvalue weighted by Crippen LogP contribution is -2.47. The van der Waals surface area contributed by atoms with Gasteiger partial charge >= 0.3 is 0 Å². The summed E-state index contributed by atoms with van der Waals surface area (Å²) in [5.74, 6) is 0.341. The monoisotopic (exact) mass is 369 g/mol. The van der Waals surface area contributed by atoms with Gasteiger partial charge in [0.15, 0.2) is 0 Å². The average molecular weight is 370 g/mol. The molecule has 5 heteroatoms. The van der Waals surface area contributed by atoms with Gasteiger partial charge in [-0.3, -0.25) is 14.7 Å². The summed E-state index contributed by atoms with van der Waals surface area (Å²) >= 11 is 1.87. The Morgan fingerprint density at radius 2 is 2.00 bits per heavy atom. The molecule has 1 spiro atoms. The third kappa shape index (κ3) is 3.55. The number of piperidine rings is 1. The molecule has 4 heterocycles. The number of hydrogen-bond donors (Lipinski definition) is 0. The number of rotatable bonds is 4. The van der Waals surface area contributed by atoms with E-state index in [9.17, 15) is 4.79 Å². The second-order valence-electron chi connectivity index (χ2n) is 7.85. The van der Waals surface area contributed by atoms with Crippen LogP contribution in [0.5, 0.6) is 0 Å². The highest BCUT2D eigenvalue weighted by Gasteiger charge is 2.48. The van der Waals surface area contributed by atoms with Crippen molar-refractivity contribution in [3.63, 3.8) is 0 Å². The van der Waals surface area contributed by atoms with E-state index in [4.69, 9.17) is 0 Å². The number of hydrogen-bond acceptors (Lipinski definition) is 4. The van der Waals surface area contributed by atoms with Gasteiger partial charge in [0.1, 0.15) is 0 Å². The van der Waals surface area contributed by atoms with Crippen LogP contribution < -0.4 is 0 Å². The molecular formula is C21H27N3OS. The molecule has 2 saturated heterocycles. The molecule has 2 aliphatic heterocycles. The Bertz CT molecular complexity index is 802. The molecular weight excluding hydrogens is 342 g/mol. The molecule has 4 rings (SSSR count). The van der Waals surface area contributed by atoms with E-state index in [0.717, 1.165) is 56.8 Å². The standard InChI is InChI=1S/C21H27N3OS/c1-16-5-3-6-18(22-16)13-24-12-10-21(20(24)25)9-4-11-23(15-21)14-19-8-7-17(2)26-19/h3,5-8H,4,9-15H2,1-2H3/t21-/m1/s1. The Labute approximate surface area is 159 Å². The third-order valence-electron chi connectivity index (χ3n) is 5.73. The first-order valence-electron chi connectivity index (χ1n) is 9.54. The first kappa shape index (κ1) is 17.7. The van der Waals surface area contributed by atoms with Gasteiger partial charge in [0.2, 0.25) is 5.91 Å². The van der Waals surface area contributed by atoms with Crippen LogP contribution in [0, 0.1) is 19.3 Å². The van der Waals surface area contributed by atoms with Crippen LogP contribution in [0.1, 0.15) is 40.4 Å². The number of amides is 1. The maximum absolute atomic E-state index is 13.2. The number of aromatic nitrogens is 1. The Morgan fingerprint density at radius 1 is 1.12 bits per heavy atom. The predicted octanol–water partition coefficient (Wildman–Crippen LogP) is 3.77. The van der Waals surface area contributed by atoms with Crippen LogP contribution in [-0.4, -0.2) is 40.3 Å². The molecule has 2 fully saturated rings. The van der Waals surface area contributed by atoms with E-state index in [2.05, 4.69) is 28.9 Å². The van der Waals surface area contributed by atoms with Gasteiger partial charge in [-0.1, -0.05) is 6.07 Å². The van der Waals surface area contributed by atoms with Gasteiger partial charge in [0, 0.05) is 35.1 Å². The Balaban J connectivity index is 1.43. The third-order valence-corrected chi connectivity index (χ3v) is 6.72. The van der Waals surface area contributed by atoms with Crippen LogP contribution >= 0.6 is 11.3 Å². The lowest BCUT2D eigenvalue weighted by atomic mass is 9.78. The molecule has 0 aliphatic carbocycles. The molecule has 2 aliphatic rings. The maximum atomic E-state index is 13.2. The number of nitrogens with zero attached hydrogens (tertiary/aromatic N) is 3. The molecule has 0 radical (unpaired) electrons. The predicted molar refractivity (Wildman–Crippen MR) is 105 cm³/mol. The summed E-state index contributed by atoms with van der Waals surface area (Å²) in [5.41, 5.74) is 1.84. The fourth-order valence-electron chi connectivity index (χ4n) is 4.46. The highest BCUT2D eigenvalue weighted by molar-refractivity contribution is 7.11. The van der Waals surface area contributed by atoms with Crippen molar-refractivity contribution in [2.45, 2.75) is 46.2 Å². The van der Waals surface area contributed by atoms with Gasteiger partial charge in [-0.2, -0.15) is 0 Å².